The maximum Gasteiger partial charge on any atom is 0.206 e. The Morgan fingerprint density at radius 3 is 1.31 bits per heavy atom. The first-order valence-electron chi connectivity index (χ1n) is 41.6. The molecule has 129 heavy (non-hydrogen) atoms. The number of ketones is 1. The maximum absolute atomic E-state index is 14.1. The highest BCUT2D eigenvalue weighted by Gasteiger charge is 2.39. The van der Waals surface area contributed by atoms with E-state index in [1.807, 2.05) is 125 Å². The number of nitrogen functional groups attached to an aromatic ring is 2. The lowest BCUT2D eigenvalue weighted by Crippen LogP contribution is -2.36. The van der Waals surface area contributed by atoms with Crippen LogP contribution in [0.5, 0.6) is 23.0 Å². The average Bonchev–Trinajstić information content (AvgIpc) is 1.57. The highest BCUT2D eigenvalue weighted by Crippen LogP contribution is 2.52. The molecule has 5 aliphatic carbocycles. The number of nitrogens with one attached hydrogen (secondary N) is 4. The highest BCUT2D eigenvalue weighted by atomic mass is 35.5. The minimum Gasteiger partial charge on any atom is -0.497 e. The molecule has 0 bridgehead atoms. The number of hydrogen-bond donors (Lipinski definition) is 6. The first-order chi connectivity index (χ1) is 61.8. The number of benzene rings is 7. The Bertz CT molecular complexity index is 7050. The van der Waals surface area contributed by atoms with E-state index < -0.39 is 0 Å². The molecule has 10 aromatic heterocycles. The number of morpholine rings is 1. The van der Waals surface area contributed by atoms with Crippen LogP contribution in [-0.2, 0) is 30.4 Å². The number of H-pyrrole nitrogens is 4. The third-order valence-electron chi connectivity index (χ3n) is 24.3. The zero-order valence-corrected chi connectivity index (χ0v) is 76.9. The van der Waals surface area contributed by atoms with Gasteiger partial charge in [-0.2, -0.15) is 20.4 Å². The van der Waals surface area contributed by atoms with Crippen LogP contribution in [0.4, 0.5) is 27.3 Å². The van der Waals surface area contributed by atoms with Crippen molar-refractivity contribution in [2.24, 2.45) is 4.99 Å². The van der Waals surface area contributed by atoms with Crippen LogP contribution in [-0.4, -0.2) is 132 Å². The molecule has 0 atom stereocenters. The first kappa shape index (κ1) is 87.0. The predicted octanol–water partition coefficient (Wildman–Crippen LogP) is 23.5. The van der Waals surface area contributed by atoms with E-state index in [4.69, 9.17) is 35.2 Å². The number of rotatable bonds is 14. The zero-order chi connectivity index (χ0) is 85.2. The second-order valence-electron chi connectivity index (χ2n) is 31.5. The van der Waals surface area contributed by atoms with Crippen molar-refractivity contribution in [2.45, 2.75) is 38.5 Å². The molecule has 2 fully saturated rings. The number of nitrogens with two attached hydrogens (primary N) is 2. The fourth-order valence-electron chi connectivity index (χ4n) is 17.8. The van der Waals surface area contributed by atoms with Crippen LogP contribution < -0.4 is 40.2 Å². The number of carbonyl (C=O) groups is 1. The molecule has 8 N–H and O–H groups in total. The van der Waals surface area contributed by atoms with E-state index in [0.717, 1.165) is 180 Å². The van der Waals surface area contributed by atoms with Gasteiger partial charge in [0.25, 0.3) is 0 Å². The normalized spacial score (nSPS) is 13.8. The summed E-state index contributed by atoms with van der Waals surface area (Å²) in [7, 11) is 6.44. The van der Waals surface area contributed by atoms with Gasteiger partial charge in [0.05, 0.1) is 110 Å². The topological polar surface area (TPSA) is 262 Å². The molecule has 0 saturated carbocycles. The summed E-state index contributed by atoms with van der Waals surface area (Å²) in [6.45, 7) is 6.49. The summed E-state index contributed by atoms with van der Waals surface area (Å²) >= 11 is 8.70. The Labute approximate surface area is 782 Å². The first-order valence-corrected chi connectivity index (χ1v) is 45.9. The number of halogens is 4. The average molecular weight is 1870 g/mol. The van der Waals surface area contributed by atoms with Gasteiger partial charge >= 0.3 is 0 Å². The van der Waals surface area contributed by atoms with E-state index >= 15 is 0 Å². The van der Waals surface area contributed by atoms with Crippen LogP contribution >= 0.6 is 93.9 Å². The van der Waals surface area contributed by atoms with E-state index in [9.17, 15) is 9.18 Å². The summed E-state index contributed by atoms with van der Waals surface area (Å²) in [5.74, 6) is 2.91. The standard InChI is InChI=1S/C22H17FN2O2S.C21H15N3O2S.C21H17N3OS.C18H17N3OS.C18H17N3S.3ClH/c1-26-14-6-3-12(4-7-14)21-16-11-20-15(22(16)25-24-21)10-19(28-20)13-5-8-18(27-2)17(23)9-13;1-26-13-5-2-11(3-6-13)19-18-15(10-24-19)14-8-16(27-21(14)20(18)25)12-4-7-17(22)23-9-12;1-25-15-7-5-12(6-8-15)20-17-11-19-16(21(17)24-23-20)10-18(26-19)13-3-2-4-14(22)9-13;1-3-13(21-6-8-22-9-7-21)4-2-12(1)17-15-11-16-14(5-10-23-16)18(15)20-19-17;1-2-9-21(8-1)13-5-3-12(4-6-13)17-15-11-16-14(7-10-22-16)18(15)20-19-17;;;/h3-10H,11H2,1-2H3,(H,24,25);2-9H,10H2,1H3,(H2,22,23);2-10H,11,22H2,1H3,(H,23,24);1-5,10H,6-9,11H2,(H,19,20);3-7,10H,1-2,8-9,11H2,(H,19,20);3*1H. The number of hydrogen-bond acceptors (Lipinski definition) is 21. The minimum absolute atomic E-state index is 0. The molecule has 20 nitrogen and oxygen atoms in total. The summed E-state index contributed by atoms with van der Waals surface area (Å²) in [6.07, 6.45) is 8.13. The Morgan fingerprint density at radius 1 is 0.426 bits per heavy atom. The molecule has 2 saturated heterocycles. The molecule has 13 heterocycles. The largest absolute Gasteiger partial charge is 0.497 e. The van der Waals surface area contributed by atoms with Crippen LogP contribution in [0.1, 0.15) is 75.4 Å². The number of fused-ring (bicyclic) bond motifs is 14. The molecular weight excluding hydrogens is 1780 g/mol. The summed E-state index contributed by atoms with van der Waals surface area (Å²) < 4.78 is 40.2. The molecule has 0 amide bonds. The van der Waals surface area contributed by atoms with Gasteiger partial charge in [-0.05, 0) is 210 Å². The van der Waals surface area contributed by atoms with Gasteiger partial charge in [-0.25, -0.2) is 9.37 Å². The number of methoxy groups -OCH3 is 4. The van der Waals surface area contributed by atoms with Crippen molar-refractivity contribution >= 4 is 134 Å². The van der Waals surface area contributed by atoms with Crippen LogP contribution in [0.2, 0.25) is 0 Å². The van der Waals surface area contributed by atoms with Crippen molar-refractivity contribution in [3.63, 3.8) is 0 Å². The van der Waals surface area contributed by atoms with Gasteiger partial charge in [0.2, 0.25) is 5.78 Å². The number of Topliss-reactive ketones (excluding diaryl/α,β-unsaturated/α-hetero) is 1. The number of carbonyl (C=O) groups excluding carboxylic acids is 1. The number of aromatic nitrogens is 9. The lowest BCUT2D eigenvalue weighted by Gasteiger charge is -2.28. The third-order valence-corrected chi connectivity index (χ3v) is 29.7. The molecule has 8 aliphatic rings. The molecular formula is C100H86Cl3FN14O6S5. The lowest BCUT2D eigenvalue weighted by atomic mass is 10.00. The van der Waals surface area contributed by atoms with E-state index in [1.54, 1.807) is 51.0 Å². The van der Waals surface area contributed by atoms with E-state index in [-0.39, 0.29) is 54.6 Å². The van der Waals surface area contributed by atoms with Gasteiger partial charge in [-0.3, -0.25) is 30.2 Å². The number of aliphatic imine (C=N–C) groups is 1. The fourth-order valence-corrected chi connectivity index (χ4v) is 23.1. The van der Waals surface area contributed by atoms with Crippen molar-refractivity contribution in [3.8, 4) is 144 Å². The molecule has 17 aromatic rings. The van der Waals surface area contributed by atoms with Crippen LogP contribution in [0.25, 0.3) is 127 Å². The molecule has 0 spiro atoms. The fraction of sp³-hybridized carbons (Fsp3) is 0.170. The van der Waals surface area contributed by atoms with Crippen molar-refractivity contribution in [3.05, 3.63) is 292 Å². The molecule has 3 aliphatic heterocycles. The monoisotopic (exact) mass is 1860 g/mol. The van der Waals surface area contributed by atoms with Gasteiger partial charge in [0.15, 0.2) is 11.6 Å². The van der Waals surface area contributed by atoms with Gasteiger partial charge in [-0.1, -0.05) is 36.4 Å². The lowest BCUT2D eigenvalue weighted by molar-refractivity contribution is 0.104. The summed E-state index contributed by atoms with van der Waals surface area (Å²) in [4.78, 5) is 36.4. The van der Waals surface area contributed by atoms with E-state index in [1.165, 1.54) is 153 Å². The van der Waals surface area contributed by atoms with Gasteiger partial charge in [-0.15, -0.1) is 93.9 Å². The molecule has 0 radical (unpaired) electrons. The second kappa shape index (κ2) is 37.2. The van der Waals surface area contributed by atoms with Crippen molar-refractivity contribution in [1.29, 1.82) is 0 Å². The van der Waals surface area contributed by atoms with Crippen LogP contribution in [0.15, 0.2) is 234 Å². The summed E-state index contributed by atoms with van der Waals surface area (Å²) in [5.41, 5.74) is 46.1. The number of pyridine rings is 1. The van der Waals surface area contributed by atoms with Crippen molar-refractivity contribution in [1.82, 2.24) is 45.8 Å². The SMILES string of the molecule is COc1ccc(-c2n[nH]c3c2Cc2sc(-c4ccc(OC)c(F)c4)cc2-3)cc1.COc1ccc(-c2n[nH]c3c2Cc2sc(-c4cccc(N)c4)cc2-3)cc1.COc1ccc(C2=NCC3=C2C(=O)c2sc(-c4ccc(N)nc4)cc23)cc1.Cl.Cl.Cl.c1cc2c(s1)Cc1c(-c3ccc(N4CCCC4)cc3)n[nH]c1-2.c1cc2c(s1)Cc1c(-c3ccc(N4CCOCC4)cc3)n[nH]c1-2. The van der Waals surface area contributed by atoms with Gasteiger partial charge < -0.3 is 45.0 Å². The van der Waals surface area contributed by atoms with Crippen molar-refractivity contribution < 1.29 is 32.9 Å². The highest BCUT2D eigenvalue weighted by molar-refractivity contribution is 7.18. The molecule has 650 valence electrons. The van der Waals surface area contributed by atoms with Crippen LogP contribution in [0, 0.1) is 5.82 Å². The minimum atomic E-state index is -0.349. The quantitative estimate of drug-likeness (QED) is 0.0553. The number of nitrogens with zero attached hydrogens (tertiary/aromatic N) is 8. The Balaban J connectivity index is 0.000000108. The van der Waals surface area contributed by atoms with E-state index in [2.05, 4.69) is 168 Å². The number of aromatic amines is 4. The molecule has 25 rings (SSSR count). The maximum atomic E-state index is 14.1. The molecule has 29 heteroatoms. The zero-order valence-electron chi connectivity index (χ0n) is 70.4. The number of anilines is 4. The smallest absolute Gasteiger partial charge is 0.206 e. The number of thiophene rings is 5. The predicted molar refractivity (Wildman–Crippen MR) is 529 cm³/mol. The molecule has 7 aromatic carbocycles. The second-order valence-corrected chi connectivity index (χ2v) is 36.9. The van der Waals surface area contributed by atoms with Gasteiger partial charge in [0, 0.05) is 193 Å². The number of allylic oxidation sites excluding steroid dienone is 1. The van der Waals surface area contributed by atoms with Crippen LogP contribution in [0.3, 0.4) is 0 Å². The Kier molecular flexibility index (Phi) is 25.1. The third kappa shape index (κ3) is 16.6. The number of ether oxygens (including phenoxy) is 5. The Morgan fingerprint density at radius 2 is 0.853 bits per heavy atom. The Hall–Kier alpha value is -12.7. The van der Waals surface area contributed by atoms with E-state index in [0.29, 0.717) is 12.4 Å². The summed E-state index contributed by atoms with van der Waals surface area (Å²) in [6, 6.07) is 69.0. The van der Waals surface area contributed by atoms with Crippen molar-refractivity contribution in [2.75, 3.05) is 95.6 Å². The molecule has 0 unspecified atom stereocenters. The van der Waals surface area contributed by atoms with Gasteiger partial charge in [0.1, 0.15) is 23.1 Å². The summed E-state index contributed by atoms with van der Waals surface area (Å²) in [5, 5.41) is 35.5.